The SMILES string of the molecule is Cl.O=C(NC1C2CNCC21)c1c(Cl)cccc1Cl. The Hall–Kier alpha value is -0.480. The number of hydrogen-bond donors (Lipinski definition) is 2. The third kappa shape index (κ3) is 2.32. The van der Waals surface area contributed by atoms with E-state index in [0.717, 1.165) is 13.1 Å². The lowest BCUT2D eigenvalue weighted by molar-refractivity contribution is 0.0947. The third-order valence-electron chi connectivity index (χ3n) is 3.58. The summed E-state index contributed by atoms with van der Waals surface area (Å²) < 4.78 is 0. The monoisotopic (exact) mass is 306 g/mol. The molecule has 0 bridgehead atoms. The molecule has 1 aromatic rings. The molecule has 2 fully saturated rings. The second-order valence-electron chi connectivity index (χ2n) is 4.58. The van der Waals surface area contributed by atoms with Crippen LogP contribution in [0.25, 0.3) is 0 Å². The number of benzene rings is 1. The Bertz CT molecular complexity index is 450. The smallest absolute Gasteiger partial charge is 0.254 e. The average Bonchev–Trinajstić information content (AvgIpc) is 2.74. The second kappa shape index (κ2) is 5.25. The van der Waals surface area contributed by atoms with Crippen molar-refractivity contribution in [3.63, 3.8) is 0 Å². The van der Waals surface area contributed by atoms with E-state index in [2.05, 4.69) is 10.6 Å². The van der Waals surface area contributed by atoms with Gasteiger partial charge in [0.05, 0.1) is 15.6 Å². The maximum atomic E-state index is 12.1. The van der Waals surface area contributed by atoms with Gasteiger partial charge in [-0.25, -0.2) is 0 Å². The van der Waals surface area contributed by atoms with Crippen LogP contribution in [0.15, 0.2) is 18.2 Å². The van der Waals surface area contributed by atoms with Crippen LogP contribution in [-0.2, 0) is 0 Å². The maximum Gasteiger partial charge on any atom is 0.254 e. The van der Waals surface area contributed by atoms with E-state index in [1.165, 1.54) is 0 Å². The molecule has 1 heterocycles. The number of hydrogen-bond acceptors (Lipinski definition) is 2. The van der Waals surface area contributed by atoms with E-state index in [0.29, 0.717) is 27.4 Å². The lowest BCUT2D eigenvalue weighted by atomic mass is 10.2. The summed E-state index contributed by atoms with van der Waals surface area (Å²) >= 11 is 12.0. The normalized spacial score (nSPS) is 28.2. The number of halogens is 3. The topological polar surface area (TPSA) is 41.1 Å². The number of rotatable bonds is 2. The zero-order chi connectivity index (χ0) is 12.0. The fourth-order valence-electron chi connectivity index (χ4n) is 2.57. The lowest BCUT2D eigenvalue weighted by Crippen LogP contribution is -2.32. The molecule has 2 unspecified atom stereocenters. The van der Waals surface area contributed by atoms with Crippen LogP contribution in [0, 0.1) is 11.8 Å². The van der Waals surface area contributed by atoms with Gasteiger partial charge in [0.1, 0.15) is 0 Å². The quantitative estimate of drug-likeness (QED) is 0.881. The molecular formula is C12H13Cl3N2O. The number of amides is 1. The molecule has 2 aliphatic rings. The van der Waals surface area contributed by atoms with Crippen molar-refractivity contribution < 1.29 is 4.79 Å². The van der Waals surface area contributed by atoms with Crippen LogP contribution < -0.4 is 10.6 Å². The summed E-state index contributed by atoms with van der Waals surface area (Å²) in [6, 6.07) is 5.38. The Labute approximate surface area is 122 Å². The molecule has 1 aliphatic heterocycles. The van der Waals surface area contributed by atoms with Crippen LogP contribution in [0.1, 0.15) is 10.4 Å². The summed E-state index contributed by atoms with van der Waals surface area (Å²) in [6.45, 7) is 1.98. The van der Waals surface area contributed by atoms with E-state index in [9.17, 15) is 4.79 Å². The van der Waals surface area contributed by atoms with Gasteiger partial charge in [-0.15, -0.1) is 12.4 Å². The van der Waals surface area contributed by atoms with Crippen LogP contribution in [0.3, 0.4) is 0 Å². The number of nitrogens with one attached hydrogen (secondary N) is 2. The molecule has 3 nitrogen and oxygen atoms in total. The van der Waals surface area contributed by atoms with E-state index >= 15 is 0 Å². The minimum Gasteiger partial charge on any atom is -0.349 e. The highest BCUT2D eigenvalue weighted by molar-refractivity contribution is 6.39. The minimum atomic E-state index is -0.167. The first-order valence-corrected chi connectivity index (χ1v) is 6.39. The molecule has 2 N–H and O–H groups in total. The Kier molecular flexibility index (Phi) is 4.07. The van der Waals surface area contributed by atoms with Crippen molar-refractivity contribution in [1.82, 2.24) is 10.6 Å². The number of carbonyl (C=O) groups excluding carboxylic acids is 1. The van der Waals surface area contributed by atoms with Gasteiger partial charge in [0, 0.05) is 19.1 Å². The van der Waals surface area contributed by atoms with Crippen molar-refractivity contribution in [3.8, 4) is 0 Å². The summed E-state index contributed by atoms with van der Waals surface area (Å²) in [5.74, 6) is 1.00. The number of fused-ring (bicyclic) bond motifs is 1. The summed E-state index contributed by atoms with van der Waals surface area (Å²) in [6.07, 6.45) is 0. The lowest BCUT2D eigenvalue weighted by Gasteiger charge is -2.10. The highest BCUT2D eigenvalue weighted by Gasteiger charge is 2.53. The number of piperidine rings is 1. The summed E-state index contributed by atoms with van der Waals surface area (Å²) in [5, 5.41) is 7.09. The number of carbonyl (C=O) groups is 1. The molecule has 1 aromatic carbocycles. The Balaban J connectivity index is 0.00000120. The highest BCUT2D eigenvalue weighted by atomic mass is 35.5. The van der Waals surface area contributed by atoms with Gasteiger partial charge in [0.15, 0.2) is 0 Å². The molecule has 1 saturated heterocycles. The first kappa shape index (κ1) is 13.9. The van der Waals surface area contributed by atoms with Crippen LogP contribution in [-0.4, -0.2) is 25.0 Å². The van der Waals surface area contributed by atoms with E-state index < -0.39 is 0 Å². The van der Waals surface area contributed by atoms with Crippen molar-refractivity contribution in [2.75, 3.05) is 13.1 Å². The van der Waals surface area contributed by atoms with E-state index in [1.807, 2.05) is 0 Å². The van der Waals surface area contributed by atoms with Gasteiger partial charge >= 0.3 is 0 Å². The summed E-state index contributed by atoms with van der Waals surface area (Å²) in [4.78, 5) is 12.1. The van der Waals surface area contributed by atoms with Gasteiger partial charge in [0.25, 0.3) is 5.91 Å². The molecule has 0 spiro atoms. The van der Waals surface area contributed by atoms with Crippen LogP contribution in [0.4, 0.5) is 0 Å². The van der Waals surface area contributed by atoms with Gasteiger partial charge in [-0.2, -0.15) is 0 Å². The zero-order valence-electron chi connectivity index (χ0n) is 9.45. The predicted molar refractivity (Wildman–Crippen MR) is 74.8 cm³/mol. The average molecular weight is 308 g/mol. The van der Waals surface area contributed by atoms with Gasteiger partial charge in [-0.05, 0) is 24.0 Å². The van der Waals surface area contributed by atoms with Gasteiger partial charge in [-0.1, -0.05) is 29.3 Å². The second-order valence-corrected chi connectivity index (χ2v) is 5.40. The standard InChI is InChI=1S/C12H12Cl2N2O.ClH/c13-8-2-1-3-9(14)10(8)12(17)16-11-6-4-15-5-7(6)11;/h1-3,6-7,11,15H,4-5H2,(H,16,17);1H. The van der Waals surface area contributed by atoms with Crippen molar-refractivity contribution in [1.29, 1.82) is 0 Å². The zero-order valence-corrected chi connectivity index (χ0v) is 11.8. The molecule has 1 saturated carbocycles. The molecule has 3 rings (SSSR count). The molecule has 6 heteroatoms. The molecule has 1 amide bonds. The summed E-state index contributed by atoms with van der Waals surface area (Å²) in [7, 11) is 0. The Morgan fingerprint density at radius 1 is 1.22 bits per heavy atom. The Morgan fingerprint density at radius 3 is 2.33 bits per heavy atom. The van der Waals surface area contributed by atoms with Crippen molar-refractivity contribution in [3.05, 3.63) is 33.8 Å². The predicted octanol–water partition coefficient (Wildman–Crippen LogP) is 2.36. The van der Waals surface area contributed by atoms with Crippen molar-refractivity contribution in [2.24, 2.45) is 11.8 Å². The molecule has 98 valence electrons. The first-order valence-electron chi connectivity index (χ1n) is 5.64. The molecule has 1 aliphatic carbocycles. The largest absolute Gasteiger partial charge is 0.349 e. The molecule has 0 radical (unpaired) electrons. The van der Waals surface area contributed by atoms with Gasteiger partial charge in [0.2, 0.25) is 0 Å². The van der Waals surface area contributed by atoms with Crippen LogP contribution in [0.5, 0.6) is 0 Å². The highest BCUT2D eigenvalue weighted by Crippen LogP contribution is 2.42. The minimum absolute atomic E-state index is 0. The Morgan fingerprint density at radius 2 is 1.78 bits per heavy atom. The summed E-state index contributed by atoms with van der Waals surface area (Å²) in [5.41, 5.74) is 0.383. The van der Waals surface area contributed by atoms with Gasteiger partial charge < -0.3 is 10.6 Å². The first-order chi connectivity index (χ1) is 8.18. The molecular weight excluding hydrogens is 295 g/mol. The fraction of sp³-hybridized carbons (Fsp3) is 0.417. The molecule has 18 heavy (non-hydrogen) atoms. The third-order valence-corrected chi connectivity index (χ3v) is 4.21. The van der Waals surface area contributed by atoms with Crippen LogP contribution >= 0.6 is 35.6 Å². The van der Waals surface area contributed by atoms with E-state index in [1.54, 1.807) is 18.2 Å². The molecule has 2 atom stereocenters. The van der Waals surface area contributed by atoms with Gasteiger partial charge in [-0.3, -0.25) is 4.79 Å². The van der Waals surface area contributed by atoms with E-state index in [-0.39, 0.29) is 24.4 Å². The molecule has 0 aromatic heterocycles. The van der Waals surface area contributed by atoms with E-state index in [4.69, 9.17) is 23.2 Å². The maximum absolute atomic E-state index is 12.1. The fourth-order valence-corrected chi connectivity index (χ4v) is 3.14. The van der Waals surface area contributed by atoms with Crippen molar-refractivity contribution >= 4 is 41.5 Å². The van der Waals surface area contributed by atoms with Crippen LogP contribution in [0.2, 0.25) is 10.0 Å². The van der Waals surface area contributed by atoms with Crippen molar-refractivity contribution in [2.45, 2.75) is 6.04 Å².